The predicted octanol–water partition coefficient (Wildman–Crippen LogP) is 2.27. The van der Waals surface area contributed by atoms with Crippen molar-refractivity contribution in [1.29, 1.82) is 0 Å². The quantitative estimate of drug-likeness (QED) is 0.835. The number of carbonyl (C=O) groups is 1. The maximum Gasteiger partial charge on any atom is 0.294 e. The molecular weight excluding hydrogens is 344 g/mol. The molecule has 134 valence electrons. The molecule has 1 aliphatic rings. The van der Waals surface area contributed by atoms with Crippen LogP contribution in [0.2, 0.25) is 0 Å². The molecule has 2 aromatic rings. The van der Waals surface area contributed by atoms with Gasteiger partial charge in [-0.25, -0.2) is 12.7 Å². The number of aryl methyl sites for hydroxylation is 1. The van der Waals surface area contributed by atoms with Crippen LogP contribution in [0.1, 0.15) is 23.2 Å². The molecule has 1 amide bonds. The minimum Gasteiger partial charge on any atom is -0.489 e. The third-order valence-corrected chi connectivity index (χ3v) is 6.03. The van der Waals surface area contributed by atoms with Crippen molar-refractivity contribution in [3.8, 4) is 5.75 Å². The van der Waals surface area contributed by atoms with Gasteiger partial charge < -0.3 is 9.15 Å². The van der Waals surface area contributed by atoms with E-state index < -0.39 is 15.9 Å². The second-order valence-electron chi connectivity index (χ2n) is 6.12. The van der Waals surface area contributed by atoms with Gasteiger partial charge in [0.25, 0.3) is 5.91 Å². The van der Waals surface area contributed by atoms with Crippen LogP contribution in [0, 0.1) is 6.92 Å². The van der Waals surface area contributed by atoms with Crippen LogP contribution in [0.15, 0.2) is 39.6 Å². The fourth-order valence-corrected chi connectivity index (χ4v) is 3.81. The zero-order chi connectivity index (χ0) is 18.4. The molecule has 1 atom stereocenters. The highest BCUT2D eigenvalue weighted by Gasteiger charge is 2.33. The molecule has 1 aromatic heterocycles. The van der Waals surface area contributed by atoms with E-state index in [0.717, 1.165) is 4.31 Å². The number of hydrogen-bond donors (Lipinski definition) is 0. The van der Waals surface area contributed by atoms with Gasteiger partial charge >= 0.3 is 0 Å². The van der Waals surface area contributed by atoms with Gasteiger partial charge in [0.1, 0.15) is 23.0 Å². The smallest absolute Gasteiger partial charge is 0.294 e. The molecule has 7 nitrogen and oxygen atoms in total. The molecule has 0 saturated heterocycles. The van der Waals surface area contributed by atoms with Crippen LogP contribution in [-0.4, -0.2) is 45.4 Å². The van der Waals surface area contributed by atoms with E-state index in [2.05, 4.69) is 0 Å². The summed E-state index contributed by atoms with van der Waals surface area (Å²) in [5.41, 5.74) is 0.636. The molecule has 0 unspecified atom stereocenters. The maximum atomic E-state index is 13.0. The number of hydrogen-bond acceptors (Lipinski definition) is 5. The Morgan fingerprint density at radius 3 is 2.64 bits per heavy atom. The van der Waals surface area contributed by atoms with E-state index in [-0.39, 0.29) is 22.5 Å². The Kier molecular flexibility index (Phi) is 4.34. The molecule has 1 aromatic carbocycles. The lowest BCUT2D eigenvalue weighted by Crippen LogP contribution is -2.45. The number of para-hydroxylation sites is 2. The number of fused-ring (bicyclic) bond motifs is 1. The van der Waals surface area contributed by atoms with Gasteiger partial charge in [-0.05, 0) is 26.0 Å². The molecule has 0 spiro atoms. The zero-order valence-electron chi connectivity index (χ0n) is 14.5. The summed E-state index contributed by atoms with van der Waals surface area (Å²) < 4.78 is 36.9. The zero-order valence-corrected chi connectivity index (χ0v) is 15.3. The fourth-order valence-electron chi connectivity index (χ4n) is 2.75. The largest absolute Gasteiger partial charge is 0.489 e. The van der Waals surface area contributed by atoms with Crippen LogP contribution in [0.5, 0.6) is 5.75 Å². The van der Waals surface area contributed by atoms with E-state index in [1.165, 1.54) is 27.1 Å². The molecule has 8 heteroatoms. The third kappa shape index (κ3) is 2.91. The number of ether oxygens (including phenoxy) is 1. The van der Waals surface area contributed by atoms with E-state index in [1.807, 2.05) is 19.1 Å². The summed E-state index contributed by atoms with van der Waals surface area (Å²) in [4.78, 5) is 14.6. The van der Waals surface area contributed by atoms with Crippen molar-refractivity contribution < 1.29 is 22.4 Å². The molecular formula is C17H20N2O5S. The van der Waals surface area contributed by atoms with Crippen molar-refractivity contribution in [3.05, 3.63) is 41.9 Å². The van der Waals surface area contributed by atoms with Crippen molar-refractivity contribution in [2.45, 2.75) is 24.8 Å². The first-order valence-electron chi connectivity index (χ1n) is 7.82. The second kappa shape index (κ2) is 6.20. The number of benzene rings is 1. The first-order chi connectivity index (χ1) is 11.7. The van der Waals surface area contributed by atoms with Crippen LogP contribution in [0.4, 0.5) is 5.69 Å². The van der Waals surface area contributed by atoms with E-state index in [9.17, 15) is 13.2 Å². The Hall–Kier alpha value is -2.32. The summed E-state index contributed by atoms with van der Waals surface area (Å²) >= 11 is 0. The lowest BCUT2D eigenvalue weighted by Gasteiger charge is -2.34. The van der Waals surface area contributed by atoms with Gasteiger partial charge in [0.2, 0.25) is 10.0 Å². The molecule has 3 rings (SSSR count). The standard InChI is InChI=1S/C17H20N2O5S/c1-11-10-23-14-8-6-5-7-13(14)19(11)17(20)15-9-16(12(2)24-15)25(21,22)18(3)4/h5-9,11H,10H2,1-4H3/t11-/m0/s1. The monoisotopic (exact) mass is 364 g/mol. The molecule has 0 radical (unpaired) electrons. The molecule has 2 heterocycles. The number of carbonyl (C=O) groups excluding carboxylic acids is 1. The molecule has 1 aliphatic heterocycles. The summed E-state index contributed by atoms with van der Waals surface area (Å²) in [5.74, 6) is 0.387. The number of furan rings is 1. The number of sulfonamides is 1. The van der Waals surface area contributed by atoms with Crippen LogP contribution >= 0.6 is 0 Å². The molecule has 25 heavy (non-hydrogen) atoms. The van der Waals surface area contributed by atoms with Gasteiger partial charge in [0, 0.05) is 20.2 Å². The van der Waals surface area contributed by atoms with Crippen LogP contribution < -0.4 is 9.64 Å². The summed E-state index contributed by atoms with van der Waals surface area (Å²) in [7, 11) is -0.813. The van der Waals surface area contributed by atoms with Gasteiger partial charge in [-0.3, -0.25) is 9.69 Å². The van der Waals surface area contributed by atoms with E-state index in [0.29, 0.717) is 18.0 Å². The number of rotatable bonds is 3. The molecule has 0 saturated carbocycles. The maximum absolute atomic E-state index is 13.0. The Morgan fingerprint density at radius 1 is 1.28 bits per heavy atom. The normalized spacial score (nSPS) is 17.3. The fraction of sp³-hybridized carbons (Fsp3) is 0.353. The highest BCUT2D eigenvalue weighted by molar-refractivity contribution is 7.89. The Bertz CT molecular complexity index is 917. The van der Waals surface area contributed by atoms with Crippen molar-refractivity contribution in [2.24, 2.45) is 0 Å². The van der Waals surface area contributed by atoms with Crippen LogP contribution in [-0.2, 0) is 10.0 Å². The average Bonchev–Trinajstić information content (AvgIpc) is 2.96. The number of amides is 1. The minimum atomic E-state index is -3.68. The molecule has 0 bridgehead atoms. The van der Waals surface area contributed by atoms with Crippen molar-refractivity contribution in [2.75, 3.05) is 25.6 Å². The summed E-state index contributed by atoms with van der Waals surface area (Å²) in [6.45, 7) is 3.75. The SMILES string of the molecule is Cc1oc(C(=O)N2c3ccccc3OC[C@@H]2C)cc1S(=O)(=O)N(C)C. The molecule has 0 aliphatic carbocycles. The Labute approximate surface area is 146 Å². The lowest BCUT2D eigenvalue weighted by atomic mass is 10.1. The summed E-state index contributed by atoms with van der Waals surface area (Å²) in [6.07, 6.45) is 0. The number of anilines is 1. The first-order valence-corrected chi connectivity index (χ1v) is 9.26. The number of nitrogens with zero attached hydrogens (tertiary/aromatic N) is 2. The first kappa shape index (κ1) is 17.5. The van der Waals surface area contributed by atoms with Crippen molar-refractivity contribution in [3.63, 3.8) is 0 Å². The van der Waals surface area contributed by atoms with Gasteiger partial charge in [-0.1, -0.05) is 12.1 Å². The second-order valence-corrected chi connectivity index (χ2v) is 8.24. The molecule has 0 N–H and O–H groups in total. The van der Waals surface area contributed by atoms with Gasteiger partial charge in [0.05, 0.1) is 11.7 Å². The highest BCUT2D eigenvalue weighted by Crippen LogP contribution is 2.35. The average molecular weight is 364 g/mol. The van der Waals surface area contributed by atoms with E-state index >= 15 is 0 Å². The predicted molar refractivity (Wildman–Crippen MR) is 92.5 cm³/mol. The van der Waals surface area contributed by atoms with E-state index in [1.54, 1.807) is 17.0 Å². The topological polar surface area (TPSA) is 80.1 Å². The summed E-state index contributed by atoms with van der Waals surface area (Å²) in [6, 6.07) is 8.30. The van der Waals surface area contributed by atoms with Crippen LogP contribution in [0.3, 0.4) is 0 Å². The van der Waals surface area contributed by atoms with Crippen molar-refractivity contribution in [1.82, 2.24) is 4.31 Å². The Morgan fingerprint density at radius 2 is 1.96 bits per heavy atom. The van der Waals surface area contributed by atoms with Gasteiger partial charge in [0.15, 0.2) is 5.76 Å². The van der Waals surface area contributed by atoms with Gasteiger partial charge in [-0.15, -0.1) is 0 Å². The third-order valence-electron chi connectivity index (χ3n) is 4.11. The van der Waals surface area contributed by atoms with Crippen LogP contribution in [0.25, 0.3) is 0 Å². The highest BCUT2D eigenvalue weighted by atomic mass is 32.2. The lowest BCUT2D eigenvalue weighted by molar-refractivity contribution is 0.0932. The summed E-state index contributed by atoms with van der Waals surface area (Å²) in [5, 5.41) is 0. The minimum absolute atomic E-state index is 0.00459. The van der Waals surface area contributed by atoms with E-state index in [4.69, 9.17) is 9.15 Å². The van der Waals surface area contributed by atoms with Crippen molar-refractivity contribution >= 4 is 21.6 Å². The molecule has 0 fully saturated rings. The Balaban J connectivity index is 2.03. The van der Waals surface area contributed by atoms with Gasteiger partial charge in [-0.2, -0.15) is 0 Å².